The monoisotopic (exact) mass is 679 g/mol. The van der Waals surface area contributed by atoms with E-state index in [1.165, 1.54) is 0 Å². The van der Waals surface area contributed by atoms with Crippen LogP contribution in [0.3, 0.4) is 0 Å². The molecule has 5 rings (SSSR count). The minimum Gasteiger partial charge on any atom is -0.460 e. The fourth-order valence-corrected chi connectivity index (χ4v) is 6.66. The lowest BCUT2D eigenvalue weighted by Gasteiger charge is -2.35. The summed E-state index contributed by atoms with van der Waals surface area (Å²) in [5.74, 6) is -1.50. The molecule has 1 saturated carbocycles. The van der Waals surface area contributed by atoms with Crippen molar-refractivity contribution in [1.29, 1.82) is 0 Å². The standard InChI is InChI=1S/C37H46FN3O8/c1-5-46-35(44)31-20-26-19-27(15-16-29(26)48-31)39-33(42)32-30(47-22-23-9-7-6-8-10-23)17-18-41(32)34(43)25-13-11-24(12-14-25)28(21-38)40-36(45)49-37(2,3)4/h6-10,15-16,19-20,24-25,28,30,32H,5,11-14,17-18,21-22H2,1-4H3,(H,39,42)(H,40,45)/t24-,25-,28-,30-,32+/m1/s1. The van der Waals surface area contributed by atoms with Gasteiger partial charge < -0.3 is 34.2 Å². The number of rotatable bonds is 11. The molecular formula is C37H46FN3O8. The number of amides is 3. The van der Waals surface area contributed by atoms with E-state index in [-0.39, 0.29) is 42.6 Å². The van der Waals surface area contributed by atoms with Gasteiger partial charge in [0, 0.05) is 23.5 Å². The Hall–Kier alpha value is -4.45. The number of benzene rings is 2. The molecule has 49 heavy (non-hydrogen) atoms. The van der Waals surface area contributed by atoms with Gasteiger partial charge in [-0.1, -0.05) is 30.3 Å². The smallest absolute Gasteiger partial charge is 0.407 e. The van der Waals surface area contributed by atoms with Gasteiger partial charge in [0.25, 0.3) is 0 Å². The summed E-state index contributed by atoms with van der Waals surface area (Å²) in [6.07, 6.45) is 1.41. The molecule has 264 valence electrons. The summed E-state index contributed by atoms with van der Waals surface area (Å²) in [5, 5.41) is 6.23. The van der Waals surface area contributed by atoms with Crippen molar-refractivity contribution in [2.45, 2.75) is 90.2 Å². The van der Waals surface area contributed by atoms with Crippen molar-refractivity contribution in [2.75, 3.05) is 25.1 Å². The molecule has 1 aliphatic heterocycles. The zero-order valence-corrected chi connectivity index (χ0v) is 28.5. The summed E-state index contributed by atoms with van der Waals surface area (Å²) >= 11 is 0. The van der Waals surface area contributed by atoms with Gasteiger partial charge in [-0.2, -0.15) is 0 Å². The molecule has 3 atom stereocenters. The molecule has 1 aliphatic carbocycles. The first kappa shape index (κ1) is 35.8. The molecule has 2 aliphatic rings. The van der Waals surface area contributed by atoms with E-state index in [2.05, 4.69) is 10.6 Å². The molecular weight excluding hydrogens is 633 g/mol. The third kappa shape index (κ3) is 9.17. The first-order valence-electron chi connectivity index (χ1n) is 17.0. The molecule has 2 heterocycles. The van der Waals surface area contributed by atoms with Gasteiger partial charge in [-0.3, -0.25) is 9.59 Å². The van der Waals surface area contributed by atoms with Crippen molar-refractivity contribution >= 4 is 40.5 Å². The number of alkyl carbamates (subject to hydrolysis) is 1. The average Bonchev–Trinajstić information content (AvgIpc) is 3.70. The van der Waals surface area contributed by atoms with Gasteiger partial charge in [0.1, 0.15) is 23.9 Å². The van der Waals surface area contributed by atoms with Gasteiger partial charge in [0.2, 0.25) is 17.6 Å². The highest BCUT2D eigenvalue weighted by Gasteiger charge is 2.45. The Morgan fingerprint density at radius 3 is 2.41 bits per heavy atom. The minimum absolute atomic E-state index is 0.0652. The van der Waals surface area contributed by atoms with Crippen LogP contribution in [0.4, 0.5) is 14.9 Å². The maximum absolute atomic E-state index is 14.0. The Labute approximate surface area is 285 Å². The van der Waals surface area contributed by atoms with Crippen LogP contribution >= 0.6 is 0 Å². The maximum Gasteiger partial charge on any atom is 0.407 e. The number of carbonyl (C=O) groups is 4. The zero-order valence-electron chi connectivity index (χ0n) is 28.5. The van der Waals surface area contributed by atoms with Crippen LogP contribution in [-0.2, 0) is 30.4 Å². The van der Waals surface area contributed by atoms with E-state index in [1.54, 1.807) is 56.9 Å². The largest absolute Gasteiger partial charge is 0.460 e. The fourth-order valence-electron chi connectivity index (χ4n) is 6.66. The van der Waals surface area contributed by atoms with Crippen molar-refractivity contribution in [2.24, 2.45) is 11.8 Å². The number of halogens is 1. The molecule has 2 aromatic carbocycles. The van der Waals surface area contributed by atoms with Gasteiger partial charge in [-0.15, -0.1) is 0 Å². The van der Waals surface area contributed by atoms with E-state index in [1.807, 2.05) is 30.3 Å². The zero-order chi connectivity index (χ0) is 35.1. The second-order valence-electron chi connectivity index (χ2n) is 13.7. The molecule has 0 spiro atoms. The Morgan fingerprint density at radius 2 is 1.73 bits per heavy atom. The second kappa shape index (κ2) is 15.8. The number of likely N-dealkylation sites (tertiary alicyclic amines) is 1. The number of hydrogen-bond donors (Lipinski definition) is 2. The lowest BCUT2D eigenvalue weighted by Crippen LogP contribution is -2.51. The summed E-state index contributed by atoms with van der Waals surface area (Å²) < 4.78 is 36.2. The minimum atomic E-state index is -0.878. The van der Waals surface area contributed by atoms with E-state index < -0.39 is 42.5 Å². The van der Waals surface area contributed by atoms with Gasteiger partial charge >= 0.3 is 12.1 Å². The summed E-state index contributed by atoms with van der Waals surface area (Å²) in [5.41, 5.74) is 1.20. The molecule has 1 aromatic heterocycles. The van der Waals surface area contributed by atoms with Crippen LogP contribution in [0.5, 0.6) is 0 Å². The van der Waals surface area contributed by atoms with Crippen LogP contribution in [0.2, 0.25) is 0 Å². The van der Waals surface area contributed by atoms with E-state index in [0.717, 1.165) is 5.56 Å². The van der Waals surface area contributed by atoms with Crippen LogP contribution in [0.1, 0.15) is 75.9 Å². The normalized spacial score (nSPS) is 21.6. The Kier molecular flexibility index (Phi) is 11.6. The van der Waals surface area contributed by atoms with E-state index in [4.69, 9.17) is 18.6 Å². The molecule has 12 heteroatoms. The number of nitrogens with one attached hydrogen (secondary N) is 2. The van der Waals surface area contributed by atoms with Gasteiger partial charge in [-0.05, 0) is 95.5 Å². The second-order valence-corrected chi connectivity index (χ2v) is 13.7. The number of fused-ring (bicyclic) bond motifs is 1. The number of carbonyl (C=O) groups excluding carboxylic acids is 4. The highest BCUT2D eigenvalue weighted by Crippen LogP contribution is 2.35. The van der Waals surface area contributed by atoms with Crippen molar-refractivity contribution in [1.82, 2.24) is 10.2 Å². The lowest BCUT2D eigenvalue weighted by molar-refractivity contribution is -0.144. The number of hydrogen-bond acceptors (Lipinski definition) is 8. The highest BCUT2D eigenvalue weighted by molar-refractivity contribution is 6.00. The Morgan fingerprint density at radius 1 is 1.00 bits per heavy atom. The summed E-state index contributed by atoms with van der Waals surface area (Å²) in [6.45, 7) is 7.08. The van der Waals surface area contributed by atoms with Crippen LogP contribution in [-0.4, -0.2) is 72.4 Å². The predicted octanol–water partition coefficient (Wildman–Crippen LogP) is 6.40. The summed E-state index contributed by atoms with van der Waals surface area (Å²) in [4.78, 5) is 54.1. The molecule has 0 unspecified atom stereocenters. The van der Waals surface area contributed by atoms with Crippen molar-refractivity contribution < 1.29 is 42.2 Å². The number of nitrogens with zero attached hydrogens (tertiary/aromatic N) is 1. The van der Waals surface area contributed by atoms with Gasteiger partial charge in [-0.25, -0.2) is 14.0 Å². The lowest BCUT2D eigenvalue weighted by atomic mass is 9.78. The molecule has 2 fully saturated rings. The third-order valence-corrected chi connectivity index (χ3v) is 9.02. The summed E-state index contributed by atoms with van der Waals surface area (Å²) in [6, 6.07) is 14.7. The topological polar surface area (TPSA) is 136 Å². The Balaban J connectivity index is 1.27. The number of alkyl halides is 1. The average molecular weight is 680 g/mol. The van der Waals surface area contributed by atoms with E-state index in [9.17, 15) is 23.6 Å². The van der Waals surface area contributed by atoms with E-state index >= 15 is 0 Å². The van der Waals surface area contributed by atoms with Crippen LogP contribution in [0.15, 0.2) is 59.0 Å². The van der Waals surface area contributed by atoms with Crippen LogP contribution < -0.4 is 10.6 Å². The van der Waals surface area contributed by atoms with Gasteiger partial charge in [0.05, 0.1) is 25.4 Å². The number of furan rings is 1. The van der Waals surface area contributed by atoms with Gasteiger partial charge in [0.15, 0.2) is 0 Å². The summed E-state index contributed by atoms with van der Waals surface area (Å²) in [7, 11) is 0. The maximum atomic E-state index is 14.0. The number of anilines is 1. The first-order chi connectivity index (χ1) is 23.5. The van der Waals surface area contributed by atoms with Crippen molar-refractivity contribution in [3.05, 3.63) is 65.9 Å². The molecule has 11 nitrogen and oxygen atoms in total. The van der Waals surface area contributed by atoms with Crippen molar-refractivity contribution in [3.63, 3.8) is 0 Å². The molecule has 2 N–H and O–H groups in total. The number of esters is 1. The molecule has 1 saturated heterocycles. The molecule has 0 bridgehead atoms. The highest BCUT2D eigenvalue weighted by atomic mass is 19.1. The van der Waals surface area contributed by atoms with Crippen LogP contribution in [0, 0.1) is 11.8 Å². The molecule has 3 aromatic rings. The van der Waals surface area contributed by atoms with E-state index in [0.29, 0.717) is 55.3 Å². The van der Waals surface area contributed by atoms with Crippen molar-refractivity contribution in [3.8, 4) is 0 Å². The predicted molar refractivity (Wildman–Crippen MR) is 181 cm³/mol. The molecule has 3 amide bonds. The SMILES string of the molecule is CCOC(=O)c1cc2cc(NC(=O)[C@@H]3[C@H](OCc4ccccc4)CCN3C(=O)[C@H]3CC[C@H]([C@@H](CF)NC(=O)OC(C)(C)C)CC3)ccc2o1. The quantitative estimate of drug-likeness (QED) is 0.222. The molecule has 0 radical (unpaired) electrons. The van der Waals surface area contributed by atoms with Crippen LogP contribution in [0.25, 0.3) is 11.0 Å². The fraction of sp³-hybridized carbons (Fsp3) is 0.514. The Bertz CT molecular complexity index is 1610. The first-order valence-corrected chi connectivity index (χ1v) is 17.0. The third-order valence-electron chi connectivity index (χ3n) is 9.02. The number of ether oxygens (including phenoxy) is 3.